The van der Waals surface area contributed by atoms with E-state index in [2.05, 4.69) is 19.9 Å². The van der Waals surface area contributed by atoms with E-state index in [4.69, 9.17) is 5.41 Å². The lowest BCUT2D eigenvalue weighted by Crippen LogP contribution is -2.63. The molecule has 2 aromatic carbocycles. The van der Waals surface area contributed by atoms with E-state index in [9.17, 15) is 68.2 Å². The highest BCUT2D eigenvalue weighted by atomic mass is 19.4. The fourth-order valence-corrected chi connectivity index (χ4v) is 6.18. The monoisotopic (exact) mass is 1010 g/mol. The molecule has 3 aromatic rings. The largest absolute Gasteiger partial charge is 0.453 e. The van der Waals surface area contributed by atoms with Crippen LogP contribution in [0.4, 0.5) is 62.3 Å². The van der Waals surface area contributed by atoms with Gasteiger partial charge < -0.3 is 41.3 Å². The number of nitrogens with one attached hydrogen (secondary N) is 6. The van der Waals surface area contributed by atoms with Gasteiger partial charge in [0.2, 0.25) is 5.91 Å². The molecule has 28 heteroatoms. The smallest absolute Gasteiger partial charge is 0.407 e. The summed E-state index contributed by atoms with van der Waals surface area (Å²) in [6, 6.07) is -0.494. The number of allylic oxidation sites excluding steroid dienone is 1. The minimum absolute atomic E-state index is 0.148. The molecule has 1 unspecified atom stereocenters. The van der Waals surface area contributed by atoms with Crippen LogP contribution in [0.5, 0.6) is 0 Å². The van der Waals surface area contributed by atoms with Gasteiger partial charge in [-0.1, -0.05) is 24.3 Å². The highest BCUT2D eigenvalue weighted by Crippen LogP contribution is 2.42. The van der Waals surface area contributed by atoms with Gasteiger partial charge in [0.05, 0.1) is 49.1 Å². The van der Waals surface area contributed by atoms with Crippen molar-refractivity contribution in [2.75, 3.05) is 20.8 Å². The van der Waals surface area contributed by atoms with Crippen molar-refractivity contribution < 1.29 is 86.4 Å². The van der Waals surface area contributed by atoms with E-state index in [1.165, 1.54) is 29.6 Å². The summed E-state index contributed by atoms with van der Waals surface area (Å²) < 4.78 is 178. The molecule has 69 heavy (non-hydrogen) atoms. The summed E-state index contributed by atoms with van der Waals surface area (Å²) in [5.41, 5.74) is -5.88. The molecule has 0 saturated carbocycles. The number of nitrogens with zero attached hydrogens (tertiary/aromatic N) is 3. The maximum absolute atomic E-state index is 15.8. The number of aliphatic hydroxyl groups excluding tert-OH is 1. The number of rotatable bonds is 21. The molecule has 0 saturated heterocycles. The summed E-state index contributed by atoms with van der Waals surface area (Å²) in [7, 11) is 1.52. The third-order valence-electron chi connectivity index (χ3n) is 10.6. The number of hydrogen-bond donors (Lipinski definition) is 7. The van der Waals surface area contributed by atoms with Crippen molar-refractivity contribution in [1.82, 2.24) is 41.5 Å². The van der Waals surface area contributed by atoms with E-state index in [-0.39, 0.29) is 11.1 Å². The van der Waals surface area contributed by atoms with Crippen molar-refractivity contribution in [2.45, 2.75) is 90.3 Å². The third-order valence-corrected chi connectivity index (χ3v) is 10.6. The van der Waals surface area contributed by atoms with Gasteiger partial charge in [-0.2, -0.15) is 49.0 Å². The third kappa shape index (κ3) is 15.0. The van der Waals surface area contributed by atoms with Crippen molar-refractivity contribution in [3.63, 3.8) is 0 Å². The van der Waals surface area contributed by atoms with Crippen LogP contribution in [0.2, 0.25) is 0 Å². The van der Waals surface area contributed by atoms with Gasteiger partial charge in [-0.15, -0.1) is 0 Å². The number of carbonyl (C=O) groups excluding carboxylic acids is 4. The fraction of sp³-hybridized carbons (Fsp3) is 0.463. The van der Waals surface area contributed by atoms with Gasteiger partial charge in [-0.25, -0.2) is 28.1 Å². The minimum Gasteiger partial charge on any atom is -0.453 e. The van der Waals surface area contributed by atoms with E-state index in [1.54, 1.807) is 10.6 Å². The zero-order valence-corrected chi connectivity index (χ0v) is 37.1. The van der Waals surface area contributed by atoms with E-state index < -0.39 is 132 Å². The van der Waals surface area contributed by atoms with Crippen molar-refractivity contribution in [3.8, 4) is 11.1 Å². The first-order valence-corrected chi connectivity index (χ1v) is 19.9. The Kier molecular flexibility index (Phi) is 19.0. The fourth-order valence-electron chi connectivity index (χ4n) is 6.18. The normalized spacial score (nSPS) is 14.3. The number of aliphatic hydroxyl groups is 1. The molecule has 0 aliphatic heterocycles. The number of alkyl carbamates (subject to hydrolysis) is 2. The summed E-state index contributed by atoms with van der Waals surface area (Å²) in [6.07, 6.45) is -12.9. The number of aromatic nitrogens is 2. The van der Waals surface area contributed by atoms with Crippen LogP contribution in [0.15, 0.2) is 61.1 Å². The average Bonchev–Trinajstić information content (AvgIpc) is 3.75. The van der Waals surface area contributed by atoms with Crippen LogP contribution in [-0.4, -0.2) is 114 Å². The molecule has 0 aliphatic rings. The molecule has 382 valence electrons. The van der Waals surface area contributed by atoms with Crippen LogP contribution >= 0.6 is 0 Å². The van der Waals surface area contributed by atoms with Crippen molar-refractivity contribution in [2.24, 2.45) is 10.8 Å². The average molecular weight is 1010 g/mol. The molecule has 4 atom stereocenters. The summed E-state index contributed by atoms with van der Waals surface area (Å²) in [6.45, 7) is -6.40. The van der Waals surface area contributed by atoms with Gasteiger partial charge in [0.25, 0.3) is 5.91 Å². The number of hydrazine groups is 1. The first-order valence-electron chi connectivity index (χ1n) is 19.9. The predicted octanol–water partition coefficient (Wildman–Crippen LogP) is 6.46. The molecule has 7 N–H and O–H groups in total. The standard InChI is InChI=1S/C41H47F12N9O7/c1-38(2,40(48,49)50)30(58-36(66)68-5)32(64)57-28(13-20-7-9-21(10-8-20)23-16-56-62(17-23)35(46)47)29(63)19-61(60-33(65)31(59-37(67)69-6)39(3,4)41(51,52)53)18-24-25(42)14-22(15-26(24)43)27(54)11-12-55-34(44)45/h7-12,14-17,28-31,34-35,54-55,63H,13,18-19H2,1-6H3,(H,57,64)(H,58,66)(H,59,67)(H,60,65)/b12-11-,54-27?/t28-,29-,30?,31+/m0/s1. The SMILES string of the molecule is COC(=O)NC(C(=O)N[C@@H](Cc1ccc(-c2cnn(C(F)F)c2)cc1)[C@@H](O)CN(Cc1c(F)cc(C(=N)/C=C\NC(F)F)cc1F)NC(=O)[C@@H](NC(=O)OC)C(C)(C)C(F)(F)F)C(C)(C)C(F)(F)F. The Labute approximate surface area is 385 Å². The second kappa shape index (κ2) is 23.1. The maximum Gasteiger partial charge on any atom is 0.407 e. The quantitative estimate of drug-likeness (QED) is 0.0268. The minimum atomic E-state index is -5.26. The number of methoxy groups -OCH3 is 2. The molecule has 3 rings (SSSR count). The number of ether oxygens (including phenoxy) is 2. The molecule has 0 spiro atoms. The lowest BCUT2D eigenvalue weighted by atomic mass is 9.82. The Morgan fingerprint density at radius 2 is 1.32 bits per heavy atom. The highest BCUT2D eigenvalue weighted by molar-refractivity contribution is 6.06. The molecule has 1 aromatic heterocycles. The molecule has 0 fully saturated rings. The van der Waals surface area contributed by atoms with Gasteiger partial charge in [0.1, 0.15) is 23.7 Å². The molecule has 16 nitrogen and oxygen atoms in total. The zero-order chi connectivity index (χ0) is 52.4. The Morgan fingerprint density at radius 1 is 0.812 bits per heavy atom. The predicted molar refractivity (Wildman–Crippen MR) is 219 cm³/mol. The zero-order valence-electron chi connectivity index (χ0n) is 37.1. The van der Waals surface area contributed by atoms with E-state index in [0.717, 1.165) is 26.6 Å². The van der Waals surface area contributed by atoms with Gasteiger partial charge >= 0.3 is 37.6 Å². The van der Waals surface area contributed by atoms with Gasteiger partial charge in [0.15, 0.2) is 0 Å². The van der Waals surface area contributed by atoms with Crippen LogP contribution in [0.25, 0.3) is 11.1 Å². The second-order valence-corrected chi connectivity index (χ2v) is 16.1. The van der Waals surface area contributed by atoms with E-state index in [0.29, 0.717) is 67.4 Å². The number of halogens is 12. The Hall–Kier alpha value is -6.58. The number of hydrogen-bond acceptors (Lipinski definition) is 11. The number of alkyl halides is 10. The molecule has 0 aliphatic carbocycles. The van der Waals surface area contributed by atoms with Crippen LogP contribution in [-0.2, 0) is 32.0 Å². The molecule has 1 heterocycles. The van der Waals surface area contributed by atoms with Crippen molar-refractivity contribution in [3.05, 3.63) is 89.4 Å². The number of amides is 4. The van der Waals surface area contributed by atoms with Crippen LogP contribution in [0.3, 0.4) is 0 Å². The van der Waals surface area contributed by atoms with Gasteiger partial charge in [0, 0.05) is 42.2 Å². The first kappa shape index (κ1) is 56.7. The van der Waals surface area contributed by atoms with Gasteiger partial charge in [-0.3, -0.25) is 15.0 Å². The topological polar surface area (TPSA) is 212 Å². The number of benzene rings is 2. The Morgan fingerprint density at radius 3 is 1.77 bits per heavy atom. The second-order valence-electron chi connectivity index (χ2n) is 16.1. The number of carbonyl (C=O) groups is 4. The Bertz CT molecular complexity index is 2280. The summed E-state index contributed by atoms with van der Waals surface area (Å²) in [5, 5.41) is 31.0. The maximum atomic E-state index is 15.8. The van der Waals surface area contributed by atoms with E-state index >= 15 is 8.78 Å². The van der Waals surface area contributed by atoms with Crippen LogP contribution in [0.1, 0.15) is 50.9 Å². The summed E-state index contributed by atoms with van der Waals surface area (Å²) in [5.74, 6) is -6.37. The van der Waals surface area contributed by atoms with Gasteiger partial charge in [-0.05, 0) is 63.5 Å². The molecule has 4 amide bonds. The molecule has 0 radical (unpaired) electrons. The first-order chi connectivity index (χ1) is 31.8. The lowest BCUT2D eigenvalue weighted by molar-refractivity contribution is -0.221. The van der Waals surface area contributed by atoms with Crippen molar-refractivity contribution >= 4 is 29.7 Å². The summed E-state index contributed by atoms with van der Waals surface area (Å²) >= 11 is 0. The molecular formula is C41H47F12N9O7. The van der Waals surface area contributed by atoms with Crippen LogP contribution < -0.4 is 26.7 Å². The lowest BCUT2D eigenvalue weighted by Gasteiger charge is -2.38. The Balaban J connectivity index is 2.20. The molecular weight excluding hydrogens is 958 g/mol. The van der Waals surface area contributed by atoms with E-state index in [1.807, 2.05) is 5.43 Å². The van der Waals surface area contributed by atoms with Crippen molar-refractivity contribution in [1.29, 1.82) is 5.41 Å². The summed E-state index contributed by atoms with van der Waals surface area (Å²) in [4.78, 5) is 52.2. The highest BCUT2D eigenvalue weighted by Gasteiger charge is 2.57. The van der Waals surface area contributed by atoms with Crippen LogP contribution in [0, 0.1) is 27.9 Å². The molecule has 0 bridgehead atoms.